The van der Waals surface area contributed by atoms with Gasteiger partial charge in [0.15, 0.2) is 0 Å². The molecule has 2 N–H and O–H groups in total. The molecule has 0 atom stereocenters. The highest BCUT2D eigenvalue weighted by Crippen LogP contribution is 2.18. The molecule has 0 aliphatic carbocycles. The second-order valence-corrected chi connectivity index (χ2v) is 3.23. The van der Waals surface area contributed by atoms with E-state index in [0.29, 0.717) is 5.69 Å². The highest BCUT2D eigenvalue weighted by molar-refractivity contribution is 5.62. The Morgan fingerprint density at radius 2 is 2.07 bits per heavy atom. The molecule has 2 heterocycles. The highest BCUT2D eigenvalue weighted by atomic mass is 14.7. The van der Waals surface area contributed by atoms with E-state index in [1.54, 1.807) is 18.6 Å². The summed E-state index contributed by atoms with van der Waals surface area (Å²) >= 11 is 0. The van der Waals surface area contributed by atoms with Gasteiger partial charge in [0.2, 0.25) is 0 Å². The summed E-state index contributed by atoms with van der Waals surface area (Å²) in [5, 5.41) is 0. The molecule has 0 aliphatic heterocycles. The van der Waals surface area contributed by atoms with E-state index in [9.17, 15) is 0 Å². The summed E-state index contributed by atoms with van der Waals surface area (Å²) in [6, 6.07) is 5.84. The first kappa shape index (κ1) is 8.69. The first-order chi connectivity index (χ1) is 6.75. The minimum Gasteiger partial charge on any atom is -0.397 e. The third-order valence-electron chi connectivity index (χ3n) is 1.97. The van der Waals surface area contributed by atoms with E-state index in [1.807, 2.05) is 25.1 Å². The summed E-state index contributed by atoms with van der Waals surface area (Å²) < 4.78 is 0. The predicted octanol–water partition coefficient (Wildman–Crippen LogP) is 2.03. The number of anilines is 1. The van der Waals surface area contributed by atoms with Crippen LogP contribution >= 0.6 is 0 Å². The third-order valence-corrected chi connectivity index (χ3v) is 1.97. The van der Waals surface area contributed by atoms with Crippen molar-refractivity contribution < 1.29 is 0 Å². The van der Waals surface area contributed by atoms with Gasteiger partial charge >= 0.3 is 0 Å². The van der Waals surface area contributed by atoms with E-state index >= 15 is 0 Å². The summed E-state index contributed by atoms with van der Waals surface area (Å²) in [5.41, 5.74) is 9.34. The number of nitrogens with zero attached hydrogens (tertiary/aromatic N) is 2. The van der Waals surface area contributed by atoms with Crippen molar-refractivity contribution in [1.29, 1.82) is 0 Å². The van der Waals surface area contributed by atoms with Crippen LogP contribution in [0.2, 0.25) is 0 Å². The fourth-order valence-corrected chi connectivity index (χ4v) is 1.29. The number of rotatable bonds is 1. The molecule has 0 saturated heterocycles. The van der Waals surface area contributed by atoms with Crippen molar-refractivity contribution in [2.45, 2.75) is 6.92 Å². The zero-order valence-corrected chi connectivity index (χ0v) is 7.94. The lowest BCUT2D eigenvalue weighted by molar-refractivity contribution is 1.26. The smallest absolute Gasteiger partial charge is 0.0720 e. The maximum atomic E-state index is 5.64. The Hall–Kier alpha value is -1.90. The van der Waals surface area contributed by atoms with E-state index < -0.39 is 0 Å². The minimum atomic E-state index is 0.658. The summed E-state index contributed by atoms with van der Waals surface area (Å²) in [4.78, 5) is 8.28. The molecule has 0 amide bonds. The number of hydrogen-bond acceptors (Lipinski definition) is 3. The van der Waals surface area contributed by atoms with Gasteiger partial charge in [-0.3, -0.25) is 9.97 Å². The average Bonchev–Trinajstić information content (AvgIpc) is 2.18. The molecule has 0 unspecified atom stereocenters. The number of pyridine rings is 2. The first-order valence-electron chi connectivity index (χ1n) is 4.39. The van der Waals surface area contributed by atoms with Crippen LogP contribution in [0, 0.1) is 6.92 Å². The van der Waals surface area contributed by atoms with E-state index in [4.69, 9.17) is 5.73 Å². The molecule has 0 aliphatic rings. The van der Waals surface area contributed by atoms with Crippen LogP contribution in [0.3, 0.4) is 0 Å². The van der Waals surface area contributed by atoms with Gasteiger partial charge in [-0.15, -0.1) is 0 Å². The standard InChI is InChI=1S/C11H11N3/c1-8-2-3-14-11(4-8)9-5-10(12)7-13-6-9/h2-7H,12H2,1H3. The predicted molar refractivity (Wildman–Crippen MR) is 56.6 cm³/mol. The van der Waals surface area contributed by atoms with Crippen LogP contribution in [0.25, 0.3) is 11.3 Å². The van der Waals surface area contributed by atoms with E-state index in [0.717, 1.165) is 11.3 Å². The van der Waals surface area contributed by atoms with Crippen molar-refractivity contribution in [3.8, 4) is 11.3 Å². The van der Waals surface area contributed by atoms with Gasteiger partial charge in [-0.1, -0.05) is 0 Å². The largest absolute Gasteiger partial charge is 0.397 e. The lowest BCUT2D eigenvalue weighted by Gasteiger charge is -2.01. The molecule has 0 aromatic carbocycles. The van der Waals surface area contributed by atoms with Crippen LogP contribution in [0.1, 0.15) is 5.56 Å². The van der Waals surface area contributed by atoms with Crippen LogP contribution in [0.5, 0.6) is 0 Å². The van der Waals surface area contributed by atoms with Crippen molar-refractivity contribution >= 4 is 5.69 Å². The first-order valence-corrected chi connectivity index (χ1v) is 4.39. The summed E-state index contributed by atoms with van der Waals surface area (Å²) in [7, 11) is 0. The van der Waals surface area contributed by atoms with E-state index in [1.165, 1.54) is 5.56 Å². The van der Waals surface area contributed by atoms with Gasteiger partial charge in [-0.05, 0) is 30.7 Å². The Balaban J connectivity index is 2.49. The number of nitrogen functional groups attached to an aromatic ring is 1. The lowest BCUT2D eigenvalue weighted by Crippen LogP contribution is -1.89. The lowest BCUT2D eigenvalue weighted by atomic mass is 10.1. The van der Waals surface area contributed by atoms with Crippen molar-refractivity contribution in [2.24, 2.45) is 0 Å². The number of aromatic nitrogens is 2. The molecule has 0 saturated carbocycles. The minimum absolute atomic E-state index is 0.658. The van der Waals surface area contributed by atoms with Gasteiger partial charge in [0.1, 0.15) is 0 Å². The van der Waals surface area contributed by atoms with Crippen LogP contribution in [0.4, 0.5) is 5.69 Å². The molecule has 0 radical (unpaired) electrons. The molecule has 0 fully saturated rings. The molecule has 14 heavy (non-hydrogen) atoms. The maximum absolute atomic E-state index is 5.64. The Bertz CT molecular complexity index is 408. The Morgan fingerprint density at radius 3 is 2.79 bits per heavy atom. The Morgan fingerprint density at radius 1 is 1.21 bits per heavy atom. The highest BCUT2D eigenvalue weighted by Gasteiger charge is 1.99. The van der Waals surface area contributed by atoms with E-state index in [-0.39, 0.29) is 0 Å². The zero-order valence-electron chi connectivity index (χ0n) is 7.94. The van der Waals surface area contributed by atoms with Crippen molar-refractivity contribution in [2.75, 3.05) is 5.73 Å². The van der Waals surface area contributed by atoms with Gasteiger partial charge in [-0.2, -0.15) is 0 Å². The molecule has 3 heteroatoms. The fourth-order valence-electron chi connectivity index (χ4n) is 1.29. The summed E-state index contributed by atoms with van der Waals surface area (Å²) in [6.07, 6.45) is 5.17. The number of hydrogen-bond donors (Lipinski definition) is 1. The second kappa shape index (κ2) is 3.46. The SMILES string of the molecule is Cc1ccnc(-c2cncc(N)c2)c1. The van der Waals surface area contributed by atoms with Crippen molar-refractivity contribution in [3.63, 3.8) is 0 Å². The van der Waals surface area contributed by atoms with Gasteiger partial charge in [0.25, 0.3) is 0 Å². The Labute approximate surface area is 82.6 Å². The van der Waals surface area contributed by atoms with E-state index in [2.05, 4.69) is 9.97 Å². The molecular formula is C11H11N3. The molecule has 70 valence electrons. The van der Waals surface area contributed by atoms with Crippen LogP contribution in [0.15, 0.2) is 36.8 Å². The number of nitrogens with two attached hydrogens (primary N) is 1. The Kier molecular flexibility index (Phi) is 2.14. The molecular weight excluding hydrogens is 174 g/mol. The van der Waals surface area contributed by atoms with Gasteiger partial charge in [0.05, 0.1) is 11.4 Å². The summed E-state index contributed by atoms with van der Waals surface area (Å²) in [5.74, 6) is 0. The van der Waals surface area contributed by atoms with Crippen LogP contribution < -0.4 is 5.73 Å². The molecule has 2 aromatic heterocycles. The maximum Gasteiger partial charge on any atom is 0.0720 e. The topological polar surface area (TPSA) is 51.8 Å². The molecule has 2 aromatic rings. The molecule has 0 bridgehead atoms. The third kappa shape index (κ3) is 1.71. The molecule has 2 rings (SSSR count). The zero-order chi connectivity index (χ0) is 9.97. The average molecular weight is 185 g/mol. The number of aryl methyl sites for hydroxylation is 1. The van der Waals surface area contributed by atoms with Gasteiger partial charge in [-0.25, -0.2) is 0 Å². The van der Waals surface area contributed by atoms with Crippen molar-refractivity contribution in [1.82, 2.24) is 9.97 Å². The fraction of sp³-hybridized carbons (Fsp3) is 0.0909. The van der Waals surface area contributed by atoms with Crippen LogP contribution in [-0.4, -0.2) is 9.97 Å². The summed E-state index contributed by atoms with van der Waals surface area (Å²) in [6.45, 7) is 2.03. The van der Waals surface area contributed by atoms with Crippen molar-refractivity contribution in [3.05, 3.63) is 42.4 Å². The van der Waals surface area contributed by atoms with Gasteiger partial charge in [0, 0.05) is 24.2 Å². The monoisotopic (exact) mass is 185 g/mol. The quantitative estimate of drug-likeness (QED) is 0.739. The normalized spacial score (nSPS) is 10.1. The molecule has 0 spiro atoms. The van der Waals surface area contributed by atoms with Crippen LogP contribution in [-0.2, 0) is 0 Å². The second-order valence-electron chi connectivity index (χ2n) is 3.23. The van der Waals surface area contributed by atoms with Gasteiger partial charge < -0.3 is 5.73 Å². The molecule has 3 nitrogen and oxygen atoms in total.